The van der Waals surface area contributed by atoms with Crippen molar-refractivity contribution >= 4 is 52.5 Å². The molecule has 3 aliphatic carbocycles. The number of phenolic OH excluding ortho intramolecular Hbond substituents is 1. The number of nitrogens with one attached hydrogen (secondary N) is 1. The van der Waals surface area contributed by atoms with E-state index >= 15 is 0 Å². The number of nitrogens with two attached hydrogens (primary N) is 1. The number of amides is 2. The predicted molar refractivity (Wildman–Crippen MR) is 162 cm³/mol. The van der Waals surface area contributed by atoms with E-state index in [0.717, 1.165) is 12.1 Å². The number of aliphatic hydroxyl groups is 1. The number of phenols is 1. The molecule has 0 heterocycles. The lowest BCUT2D eigenvalue weighted by atomic mass is 9.52. The van der Waals surface area contributed by atoms with Gasteiger partial charge < -0.3 is 30.3 Å². The fourth-order valence-electron chi connectivity index (χ4n) is 7.10. The van der Waals surface area contributed by atoms with Gasteiger partial charge in [-0.15, -0.1) is 0 Å². The molecule has 15 nitrogen and oxygen atoms in total. The molecule has 5 N–H and O–H groups in total. The number of primary amides is 1. The molecule has 16 heteroatoms. The summed E-state index contributed by atoms with van der Waals surface area (Å²) in [5, 5.41) is 25.3. The number of halogens is 1. The summed E-state index contributed by atoms with van der Waals surface area (Å²) in [4.78, 5) is 94.8. The van der Waals surface area contributed by atoms with Gasteiger partial charge >= 0.3 is 12.1 Å². The number of ketones is 4. The van der Waals surface area contributed by atoms with Gasteiger partial charge in [0.1, 0.15) is 11.6 Å². The van der Waals surface area contributed by atoms with Crippen LogP contribution in [-0.4, -0.2) is 103 Å². The second-order valence-corrected chi connectivity index (χ2v) is 12.4. The minimum Gasteiger partial charge on any atom is -0.505 e. The predicted octanol–water partition coefficient (Wildman–Crippen LogP) is 0.435. The van der Waals surface area contributed by atoms with Crippen LogP contribution in [0.3, 0.4) is 0 Å². The SMILES string of the molecule is CN(C)c1cc(NC(=O)OCOC(=O)c2ccc(F)cc2)c(O)c2c1C[C@H]1C[C@H]3[C@H](N(C)C)C(=O)C(C(N)=O)C(=O)[C@@]3(O)C(=O)C1C2=O. The second kappa shape index (κ2) is 12.4. The average molecular weight is 669 g/mol. The van der Waals surface area contributed by atoms with Crippen molar-refractivity contribution in [3.05, 3.63) is 52.8 Å². The molecule has 2 aromatic rings. The largest absolute Gasteiger partial charge is 0.505 e. The molecular formula is C32H33FN4O11. The standard InChI is InChI=1S/C32H33FN4O11/c1-36(2)19-11-18(35-31(45)48-12-47-30(44)13-5-7-15(33)8-6-13)24(38)21-16(19)9-14-10-17-23(37(3)4)26(40)22(29(34)43)28(42)32(17,46)27(41)20(14)25(21)39/h5-8,11,14,17,20,22-23,38,46H,9-10,12H2,1-4H3,(H2,34,43)(H,35,45)/t14-,17-,20?,22?,23-,32-/m0/s1. The van der Waals surface area contributed by atoms with Crippen LogP contribution >= 0.6 is 0 Å². The summed E-state index contributed by atoms with van der Waals surface area (Å²) in [5.41, 5.74) is 2.50. The van der Waals surface area contributed by atoms with Crippen molar-refractivity contribution in [2.24, 2.45) is 29.4 Å². The van der Waals surface area contributed by atoms with E-state index in [-0.39, 0.29) is 29.7 Å². The smallest absolute Gasteiger partial charge is 0.414 e. The van der Waals surface area contributed by atoms with Crippen LogP contribution in [0.25, 0.3) is 0 Å². The highest BCUT2D eigenvalue weighted by molar-refractivity contribution is 6.32. The first-order chi connectivity index (χ1) is 22.5. The third-order valence-corrected chi connectivity index (χ3v) is 9.22. The monoisotopic (exact) mass is 668 g/mol. The van der Waals surface area contributed by atoms with E-state index in [2.05, 4.69) is 5.32 Å². The highest BCUT2D eigenvalue weighted by atomic mass is 19.1. The van der Waals surface area contributed by atoms with Crippen molar-refractivity contribution in [3.63, 3.8) is 0 Å². The fourth-order valence-corrected chi connectivity index (χ4v) is 7.10. The van der Waals surface area contributed by atoms with Gasteiger partial charge in [0.2, 0.25) is 12.7 Å². The quantitative estimate of drug-likeness (QED) is 0.136. The molecule has 2 unspecified atom stereocenters. The maximum atomic E-state index is 14.1. The Kier molecular flexibility index (Phi) is 8.83. The minimum absolute atomic E-state index is 0.00247. The Morgan fingerprint density at radius 3 is 2.27 bits per heavy atom. The summed E-state index contributed by atoms with van der Waals surface area (Å²) in [6.45, 7) is -0.859. The van der Waals surface area contributed by atoms with E-state index < -0.39 is 94.8 Å². The number of nitrogens with zero attached hydrogens (tertiary/aromatic N) is 2. The van der Waals surface area contributed by atoms with Gasteiger partial charge in [-0.1, -0.05) is 0 Å². The van der Waals surface area contributed by atoms with E-state index in [9.17, 15) is 48.2 Å². The molecule has 6 atom stereocenters. The van der Waals surface area contributed by atoms with E-state index in [1.54, 1.807) is 19.0 Å². The number of carbonyl (C=O) groups excluding carboxylic acids is 7. The zero-order chi connectivity index (χ0) is 35.4. The number of fused-ring (bicyclic) bond motifs is 3. The Balaban J connectivity index is 1.44. The van der Waals surface area contributed by atoms with Crippen LogP contribution in [-0.2, 0) is 35.1 Å². The molecule has 2 saturated carbocycles. The summed E-state index contributed by atoms with van der Waals surface area (Å²) >= 11 is 0. The third kappa shape index (κ3) is 5.45. The van der Waals surface area contributed by atoms with E-state index in [1.807, 2.05) is 0 Å². The first-order valence-electron chi connectivity index (χ1n) is 14.8. The van der Waals surface area contributed by atoms with Crippen molar-refractivity contribution in [3.8, 4) is 5.75 Å². The number of Topliss-reactive ketones (excluding diaryl/α,β-unsaturated/α-hetero) is 4. The lowest BCUT2D eigenvalue weighted by molar-refractivity contribution is -0.181. The molecule has 0 aliphatic heterocycles. The maximum absolute atomic E-state index is 14.1. The molecule has 0 spiro atoms. The normalized spacial score (nSPS) is 26.3. The Hall–Kier alpha value is -5.22. The Labute approximate surface area is 272 Å². The number of likely N-dealkylation sites (N-methyl/N-ethyl adjacent to an activating group) is 1. The Morgan fingerprint density at radius 2 is 1.69 bits per heavy atom. The molecule has 0 saturated heterocycles. The van der Waals surface area contributed by atoms with Gasteiger partial charge in [0.05, 0.1) is 28.8 Å². The van der Waals surface area contributed by atoms with Crippen LogP contribution in [0.5, 0.6) is 5.75 Å². The van der Waals surface area contributed by atoms with Crippen LogP contribution < -0.4 is 16.0 Å². The number of ether oxygens (including phenoxy) is 2. The highest BCUT2D eigenvalue weighted by Crippen LogP contribution is 2.52. The molecule has 0 aromatic heterocycles. The Morgan fingerprint density at radius 1 is 1.04 bits per heavy atom. The summed E-state index contributed by atoms with van der Waals surface area (Å²) in [6.07, 6.45) is -1.31. The number of rotatable bonds is 7. The molecular weight excluding hydrogens is 635 g/mol. The van der Waals surface area contributed by atoms with Gasteiger partial charge in [0, 0.05) is 25.7 Å². The topological polar surface area (TPSA) is 223 Å². The van der Waals surface area contributed by atoms with Gasteiger partial charge in [-0.2, -0.15) is 0 Å². The molecule has 2 amide bonds. The fraction of sp³-hybridized carbons (Fsp3) is 0.406. The van der Waals surface area contributed by atoms with Crippen molar-refractivity contribution in [2.45, 2.75) is 24.5 Å². The number of esters is 1. The van der Waals surface area contributed by atoms with Gasteiger partial charge in [-0.05, 0) is 68.8 Å². The number of aromatic hydroxyl groups is 1. The molecule has 48 heavy (non-hydrogen) atoms. The molecule has 2 aromatic carbocycles. The van der Waals surface area contributed by atoms with Crippen molar-refractivity contribution in [1.29, 1.82) is 0 Å². The van der Waals surface area contributed by atoms with Crippen LogP contribution in [0, 0.1) is 29.5 Å². The zero-order valence-corrected chi connectivity index (χ0v) is 26.3. The van der Waals surface area contributed by atoms with Gasteiger partial charge in [-0.25, -0.2) is 14.0 Å². The van der Waals surface area contributed by atoms with Crippen molar-refractivity contribution < 1.29 is 57.6 Å². The van der Waals surface area contributed by atoms with Crippen molar-refractivity contribution in [1.82, 2.24) is 4.90 Å². The van der Waals surface area contributed by atoms with E-state index in [1.165, 1.54) is 37.2 Å². The first kappa shape index (κ1) is 34.1. The maximum Gasteiger partial charge on any atom is 0.414 e. The van der Waals surface area contributed by atoms with Crippen LogP contribution in [0.2, 0.25) is 0 Å². The summed E-state index contributed by atoms with van der Waals surface area (Å²) in [6, 6.07) is 4.55. The lowest BCUT2D eigenvalue weighted by Crippen LogP contribution is -2.74. The highest BCUT2D eigenvalue weighted by Gasteiger charge is 2.69. The molecule has 0 radical (unpaired) electrons. The number of hydrogen-bond donors (Lipinski definition) is 4. The molecule has 0 bridgehead atoms. The van der Waals surface area contributed by atoms with Gasteiger partial charge in [-0.3, -0.25) is 34.2 Å². The molecule has 2 fully saturated rings. The summed E-state index contributed by atoms with van der Waals surface area (Å²) in [5.74, 6) is -13.7. The van der Waals surface area contributed by atoms with E-state index in [0.29, 0.717) is 11.3 Å². The van der Waals surface area contributed by atoms with Crippen LogP contribution in [0.4, 0.5) is 20.6 Å². The molecule has 5 rings (SSSR count). The second-order valence-electron chi connectivity index (χ2n) is 12.4. The zero-order valence-electron chi connectivity index (χ0n) is 26.3. The van der Waals surface area contributed by atoms with Crippen molar-refractivity contribution in [2.75, 3.05) is 45.2 Å². The van der Waals surface area contributed by atoms with Gasteiger partial charge in [0.15, 0.2) is 34.7 Å². The Bertz CT molecular complexity index is 1760. The lowest BCUT2D eigenvalue weighted by Gasteiger charge is -2.52. The number of carbonyl (C=O) groups is 7. The number of hydrogen-bond acceptors (Lipinski definition) is 13. The molecule has 3 aliphatic rings. The summed E-state index contributed by atoms with van der Waals surface area (Å²) < 4.78 is 22.8. The summed E-state index contributed by atoms with van der Waals surface area (Å²) in [7, 11) is 6.25. The van der Waals surface area contributed by atoms with Gasteiger partial charge in [0.25, 0.3) is 0 Å². The minimum atomic E-state index is -2.89. The molecule has 254 valence electrons. The first-order valence-corrected chi connectivity index (χ1v) is 14.8. The van der Waals surface area contributed by atoms with Crippen LogP contribution in [0.1, 0.15) is 32.7 Å². The average Bonchev–Trinajstić information content (AvgIpc) is 3.00. The van der Waals surface area contributed by atoms with E-state index in [4.69, 9.17) is 15.2 Å². The van der Waals surface area contributed by atoms with Crippen LogP contribution in [0.15, 0.2) is 30.3 Å². The number of anilines is 2. The third-order valence-electron chi connectivity index (χ3n) is 9.22. The number of benzene rings is 2.